The highest BCUT2D eigenvalue weighted by Crippen LogP contribution is 2.05. The van der Waals surface area contributed by atoms with E-state index in [1.165, 1.54) is 32.1 Å². The maximum absolute atomic E-state index is 3.26. The lowest BCUT2D eigenvalue weighted by Gasteiger charge is -1.95. The summed E-state index contributed by atoms with van der Waals surface area (Å²) < 4.78 is 0. The van der Waals surface area contributed by atoms with Crippen molar-refractivity contribution in [3.8, 4) is 0 Å². The normalized spacial score (nSPS) is 20.0. The lowest BCUT2D eigenvalue weighted by atomic mass is 10.1. The van der Waals surface area contributed by atoms with Crippen LogP contribution in [0, 0.1) is 6.08 Å². The van der Waals surface area contributed by atoms with E-state index < -0.39 is 0 Å². The zero-order valence-corrected chi connectivity index (χ0v) is 7.63. The lowest BCUT2D eigenvalue weighted by Crippen LogP contribution is -1.75. The van der Waals surface area contributed by atoms with Gasteiger partial charge in [-0.3, -0.25) is 0 Å². The Kier molecular flexibility index (Phi) is 5.35. The van der Waals surface area contributed by atoms with Gasteiger partial charge in [0.05, 0.1) is 0 Å². The fourth-order valence-electron chi connectivity index (χ4n) is 1.26. The van der Waals surface area contributed by atoms with Crippen LogP contribution in [0.5, 0.6) is 0 Å². The number of hydrogen-bond donors (Lipinski definition) is 0. The Morgan fingerprint density at radius 3 is 2.67 bits per heavy atom. The average Bonchev–Trinajstić information content (AvgIpc) is 2.05. The molecule has 0 nitrogen and oxygen atoms in total. The van der Waals surface area contributed by atoms with Gasteiger partial charge in [-0.15, -0.1) is 0 Å². The first-order valence-corrected chi connectivity index (χ1v) is 4.87. The van der Waals surface area contributed by atoms with Gasteiger partial charge in [-0.25, -0.2) is 0 Å². The van der Waals surface area contributed by atoms with E-state index >= 15 is 0 Å². The number of rotatable bonds is 0. The Morgan fingerprint density at radius 1 is 0.833 bits per heavy atom. The highest BCUT2D eigenvalue weighted by molar-refractivity contribution is 5.03. The summed E-state index contributed by atoms with van der Waals surface area (Å²) in [6, 6.07) is 0. The molecule has 0 aromatic rings. The third kappa shape index (κ3) is 4.95. The fraction of sp³-hybridized carbons (Fsp3) is 0.500. The maximum Gasteiger partial charge on any atom is -0.00948 e. The molecule has 0 bridgehead atoms. The molecule has 0 fully saturated rings. The van der Waals surface area contributed by atoms with Gasteiger partial charge >= 0.3 is 0 Å². The quantitative estimate of drug-likeness (QED) is 0.506. The molecule has 0 aliphatic heterocycles. The van der Waals surface area contributed by atoms with Crippen molar-refractivity contribution in [2.24, 2.45) is 0 Å². The predicted octanol–water partition coefficient (Wildman–Crippen LogP) is 3.81. The second-order valence-electron chi connectivity index (χ2n) is 3.11. The van der Waals surface area contributed by atoms with E-state index in [9.17, 15) is 0 Å². The molecule has 0 atom stereocenters. The molecular formula is C12H17. The number of hydrogen-bond acceptors (Lipinski definition) is 0. The summed E-state index contributed by atoms with van der Waals surface area (Å²) in [7, 11) is 0. The Labute approximate surface area is 75.7 Å². The summed E-state index contributed by atoms with van der Waals surface area (Å²) in [6.07, 6.45) is 21.5. The third-order valence-corrected chi connectivity index (χ3v) is 1.98. The van der Waals surface area contributed by atoms with E-state index in [4.69, 9.17) is 0 Å². The molecule has 0 heteroatoms. The highest BCUT2D eigenvalue weighted by Gasteiger charge is 1.86. The molecule has 0 amide bonds. The Bertz CT molecular complexity index is 172. The van der Waals surface area contributed by atoms with Crippen LogP contribution in [0.4, 0.5) is 0 Å². The van der Waals surface area contributed by atoms with Crippen molar-refractivity contribution in [2.45, 2.75) is 38.5 Å². The molecule has 65 valence electrons. The van der Waals surface area contributed by atoms with Crippen LogP contribution in [0.3, 0.4) is 0 Å². The van der Waals surface area contributed by atoms with Crippen LogP contribution >= 0.6 is 0 Å². The van der Waals surface area contributed by atoms with Crippen molar-refractivity contribution >= 4 is 0 Å². The first kappa shape index (κ1) is 9.31. The largest absolute Gasteiger partial charge is 0.0845 e. The van der Waals surface area contributed by atoms with Crippen molar-refractivity contribution in [2.75, 3.05) is 0 Å². The zero-order chi connectivity index (χ0) is 8.49. The summed E-state index contributed by atoms with van der Waals surface area (Å²) >= 11 is 0. The lowest BCUT2D eigenvalue weighted by molar-refractivity contribution is 0.695. The molecule has 0 unspecified atom stereocenters. The average molecular weight is 161 g/mol. The summed E-state index contributed by atoms with van der Waals surface area (Å²) in [5, 5.41) is 0. The number of allylic oxidation sites excluding steroid dienone is 6. The Hall–Kier alpha value is -0.780. The van der Waals surface area contributed by atoms with Crippen LogP contribution in [0.2, 0.25) is 0 Å². The van der Waals surface area contributed by atoms with E-state index in [0.29, 0.717) is 0 Å². The molecule has 0 spiro atoms. The van der Waals surface area contributed by atoms with E-state index in [0.717, 1.165) is 6.42 Å². The van der Waals surface area contributed by atoms with Crippen LogP contribution in [0.1, 0.15) is 38.5 Å². The van der Waals surface area contributed by atoms with E-state index in [1.54, 1.807) is 0 Å². The molecule has 0 saturated heterocycles. The van der Waals surface area contributed by atoms with Crippen LogP contribution < -0.4 is 0 Å². The van der Waals surface area contributed by atoms with Crippen molar-refractivity contribution in [3.63, 3.8) is 0 Å². The van der Waals surface area contributed by atoms with Gasteiger partial charge in [-0.2, -0.15) is 0 Å². The molecule has 0 heterocycles. The van der Waals surface area contributed by atoms with Crippen LogP contribution in [0.25, 0.3) is 0 Å². The molecule has 12 heavy (non-hydrogen) atoms. The highest BCUT2D eigenvalue weighted by atomic mass is 13.9. The van der Waals surface area contributed by atoms with Gasteiger partial charge in [-0.1, -0.05) is 36.8 Å². The minimum Gasteiger partial charge on any atom is -0.0845 e. The standard InChI is InChI=1S/C12H17/c1-2-4-6-8-10-12-11-9-7-5-3-1/h1-4,10H,5-7,9,11-12H2. The summed E-state index contributed by atoms with van der Waals surface area (Å²) in [5.41, 5.74) is 0. The predicted molar refractivity (Wildman–Crippen MR) is 53.8 cm³/mol. The monoisotopic (exact) mass is 161 g/mol. The van der Waals surface area contributed by atoms with Gasteiger partial charge in [0.25, 0.3) is 0 Å². The molecule has 0 aromatic heterocycles. The van der Waals surface area contributed by atoms with Crippen LogP contribution in [0.15, 0.2) is 30.4 Å². The zero-order valence-electron chi connectivity index (χ0n) is 7.63. The van der Waals surface area contributed by atoms with Gasteiger partial charge < -0.3 is 0 Å². The van der Waals surface area contributed by atoms with Crippen molar-refractivity contribution < 1.29 is 0 Å². The fourth-order valence-corrected chi connectivity index (χ4v) is 1.26. The summed E-state index contributed by atoms with van der Waals surface area (Å²) in [6.45, 7) is 0. The van der Waals surface area contributed by atoms with Gasteiger partial charge in [-0.05, 0) is 38.2 Å². The third-order valence-electron chi connectivity index (χ3n) is 1.98. The van der Waals surface area contributed by atoms with Gasteiger partial charge in [0, 0.05) is 0 Å². The van der Waals surface area contributed by atoms with E-state index in [2.05, 4.69) is 36.5 Å². The molecule has 0 N–H and O–H groups in total. The van der Waals surface area contributed by atoms with Gasteiger partial charge in [0.15, 0.2) is 0 Å². The molecule has 1 rings (SSSR count). The van der Waals surface area contributed by atoms with Gasteiger partial charge in [0.1, 0.15) is 0 Å². The second-order valence-corrected chi connectivity index (χ2v) is 3.11. The second kappa shape index (κ2) is 6.90. The van der Waals surface area contributed by atoms with Crippen LogP contribution in [-0.2, 0) is 0 Å². The first-order valence-electron chi connectivity index (χ1n) is 4.87. The topological polar surface area (TPSA) is 0 Å². The molecule has 1 aliphatic carbocycles. The Morgan fingerprint density at radius 2 is 1.67 bits per heavy atom. The molecular weight excluding hydrogens is 144 g/mol. The molecule has 1 aliphatic rings. The SMILES string of the molecule is [C]1=CCCCCCC=CC=CC1. The van der Waals surface area contributed by atoms with Crippen LogP contribution in [-0.4, -0.2) is 0 Å². The summed E-state index contributed by atoms with van der Waals surface area (Å²) in [4.78, 5) is 0. The minimum absolute atomic E-state index is 0.963. The molecule has 0 saturated carbocycles. The molecule has 0 aromatic carbocycles. The van der Waals surface area contributed by atoms with Crippen molar-refractivity contribution in [1.29, 1.82) is 0 Å². The van der Waals surface area contributed by atoms with E-state index in [-0.39, 0.29) is 0 Å². The Balaban J connectivity index is 2.31. The smallest absolute Gasteiger partial charge is 0.00948 e. The van der Waals surface area contributed by atoms with Gasteiger partial charge in [0.2, 0.25) is 0 Å². The van der Waals surface area contributed by atoms with Crippen molar-refractivity contribution in [1.82, 2.24) is 0 Å². The molecule has 1 radical (unpaired) electrons. The maximum atomic E-state index is 3.26. The minimum atomic E-state index is 0.963. The van der Waals surface area contributed by atoms with E-state index in [1.807, 2.05) is 0 Å². The first-order chi connectivity index (χ1) is 6.00. The van der Waals surface area contributed by atoms with Crippen molar-refractivity contribution in [3.05, 3.63) is 36.5 Å². The summed E-state index contributed by atoms with van der Waals surface area (Å²) in [5.74, 6) is 0.